The maximum absolute atomic E-state index is 11.9. The standard InChI is InChI=1S/C13H19N3O2/c1-3-4-11(13(18)15-2)16-12(17)9-5-7-10(14)8-6-9/h5-8,11H,3-4,14H2,1-2H3,(H,15,18)(H,16,17). The molecule has 4 N–H and O–H groups in total. The first-order valence-electron chi connectivity index (χ1n) is 5.96. The van der Waals surface area contributed by atoms with E-state index in [4.69, 9.17) is 5.73 Å². The Morgan fingerprint density at radius 2 is 1.89 bits per heavy atom. The summed E-state index contributed by atoms with van der Waals surface area (Å²) in [7, 11) is 1.56. The number of nitrogens with one attached hydrogen (secondary N) is 2. The predicted octanol–water partition coefficient (Wildman–Crippen LogP) is 0.913. The van der Waals surface area contributed by atoms with Crippen LogP contribution in [-0.4, -0.2) is 24.9 Å². The van der Waals surface area contributed by atoms with Gasteiger partial charge < -0.3 is 16.4 Å². The van der Waals surface area contributed by atoms with Crippen LogP contribution in [0.2, 0.25) is 0 Å². The van der Waals surface area contributed by atoms with Crippen LogP contribution in [0.1, 0.15) is 30.1 Å². The van der Waals surface area contributed by atoms with Crippen molar-refractivity contribution in [2.45, 2.75) is 25.8 Å². The van der Waals surface area contributed by atoms with Gasteiger partial charge in [0.05, 0.1) is 0 Å². The molecule has 1 rings (SSSR count). The van der Waals surface area contributed by atoms with Gasteiger partial charge >= 0.3 is 0 Å². The first-order chi connectivity index (χ1) is 8.58. The molecule has 5 nitrogen and oxygen atoms in total. The third-order valence-electron chi connectivity index (χ3n) is 2.62. The number of anilines is 1. The number of nitrogen functional groups attached to an aromatic ring is 1. The highest BCUT2D eigenvalue weighted by molar-refractivity contribution is 5.97. The quantitative estimate of drug-likeness (QED) is 0.678. The van der Waals surface area contributed by atoms with E-state index in [0.29, 0.717) is 17.7 Å². The number of nitrogens with two attached hydrogens (primary N) is 1. The number of benzene rings is 1. The van der Waals surface area contributed by atoms with Gasteiger partial charge in [-0.2, -0.15) is 0 Å². The molecule has 1 atom stereocenters. The molecule has 0 heterocycles. The first-order valence-corrected chi connectivity index (χ1v) is 5.96. The molecule has 2 amide bonds. The largest absolute Gasteiger partial charge is 0.399 e. The van der Waals surface area contributed by atoms with Gasteiger partial charge in [-0.3, -0.25) is 9.59 Å². The summed E-state index contributed by atoms with van der Waals surface area (Å²) < 4.78 is 0. The highest BCUT2D eigenvalue weighted by Gasteiger charge is 2.19. The van der Waals surface area contributed by atoms with Crippen LogP contribution in [0.25, 0.3) is 0 Å². The zero-order valence-electron chi connectivity index (χ0n) is 10.7. The molecule has 0 saturated heterocycles. The fourth-order valence-electron chi connectivity index (χ4n) is 1.61. The van der Waals surface area contributed by atoms with E-state index in [1.54, 1.807) is 31.3 Å². The van der Waals surface area contributed by atoms with Crippen molar-refractivity contribution in [2.24, 2.45) is 0 Å². The third-order valence-corrected chi connectivity index (χ3v) is 2.62. The average Bonchev–Trinajstić information content (AvgIpc) is 2.38. The number of hydrogen-bond acceptors (Lipinski definition) is 3. The van der Waals surface area contributed by atoms with Gasteiger partial charge in [-0.1, -0.05) is 13.3 Å². The van der Waals surface area contributed by atoms with Gasteiger partial charge in [0.25, 0.3) is 5.91 Å². The van der Waals surface area contributed by atoms with Crippen molar-refractivity contribution < 1.29 is 9.59 Å². The fourth-order valence-corrected chi connectivity index (χ4v) is 1.61. The topological polar surface area (TPSA) is 84.2 Å². The van der Waals surface area contributed by atoms with Gasteiger partial charge in [-0.25, -0.2) is 0 Å². The smallest absolute Gasteiger partial charge is 0.251 e. The lowest BCUT2D eigenvalue weighted by Crippen LogP contribution is -2.45. The summed E-state index contributed by atoms with van der Waals surface area (Å²) in [6.07, 6.45) is 1.43. The molecule has 1 unspecified atom stereocenters. The highest BCUT2D eigenvalue weighted by Crippen LogP contribution is 2.06. The fraction of sp³-hybridized carbons (Fsp3) is 0.385. The van der Waals surface area contributed by atoms with Crippen LogP contribution in [0.3, 0.4) is 0 Å². The van der Waals surface area contributed by atoms with Crippen molar-refractivity contribution in [3.05, 3.63) is 29.8 Å². The number of carbonyl (C=O) groups is 2. The van der Waals surface area contributed by atoms with E-state index < -0.39 is 6.04 Å². The van der Waals surface area contributed by atoms with E-state index in [1.165, 1.54) is 0 Å². The molecule has 5 heteroatoms. The average molecular weight is 249 g/mol. The number of amides is 2. The van der Waals surface area contributed by atoms with Crippen molar-refractivity contribution in [3.8, 4) is 0 Å². The summed E-state index contributed by atoms with van der Waals surface area (Å²) in [6, 6.07) is 6.09. The van der Waals surface area contributed by atoms with Crippen LogP contribution in [-0.2, 0) is 4.79 Å². The normalized spacial score (nSPS) is 11.7. The van der Waals surface area contributed by atoms with E-state index in [1.807, 2.05) is 6.92 Å². The summed E-state index contributed by atoms with van der Waals surface area (Å²) >= 11 is 0. The second kappa shape index (κ2) is 6.64. The Kier molecular flexibility index (Phi) is 5.17. The molecule has 0 spiro atoms. The summed E-state index contributed by atoms with van der Waals surface area (Å²) in [5, 5.41) is 5.25. The number of carbonyl (C=O) groups excluding carboxylic acids is 2. The van der Waals surface area contributed by atoms with E-state index in [2.05, 4.69) is 10.6 Å². The molecule has 0 bridgehead atoms. The molecule has 0 aromatic heterocycles. The predicted molar refractivity (Wildman–Crippen MR) is 71.1 cm³/mol. The van der Waals surface area contributed by atoms with E-state index in [0.717, 1.165) is 6.42 Å². The van der Waals surface area contributed by atoms with Crippen molar-refractivity contribution in [3.63, 3.8) is 0 Å². The lowest BCUT2D eigenvalue weighted by atomic mass is 10.1. The molecule has 0 radical (unpaired) electrons. The van der Waals surface area contributed by atoms with E-state index in [-0.39, 0.29) is 11.8 Å². The van der Waals surface area contributed by atoms with Crippen molar-refractivity contribution >= 4 is 17.5 Å². The molecule has 1 aromatic carbocycles. The van der Waals surface area contributed by atoms with Crippen LogP contribution < -0.4 is 16.4 Å². The Morgan fingerprint density at radius 3 is 2.39 bits per heavy atom. The van der Waals surface area contributed by atoms with Crippen LogP contribution >= 0.6 is 0 Å². The van der Waals surface area contributed by atoms with E-state index >= 15 is 0 Å². The Labute approximate surface area is 107 Å². The van der Waals surface area contributed by atoms with Gasteiger partial charge in [-0.05, 0) is 30.7 Å². The minimum atomic E-state index is -0.495. The first kappa shape index (κ1) is 14.0. The summed E-state index contributed by atoms with van der Waals surface area (Å²) in [6.45, 7) is 1.96. The molecule has 0 fully saturated rings. The molecule has 0 saturated carbocycles. The minimum absolute atomic E-state index is 0.180. The number of rotatable bonds is 5. The van der Waals surface area contributed by atoms with Gasteiger partial charge in [0.2, 0.25) is 5.91 Å². The van der Waals surface area contributed by atoms with Crippen LogP contribution in [0.5, 0.6) is 0 Å². The second-order valence-electron chi connectivity index (χ2n) is 4.05. The Bertz CT molecular complexity index is 415. The minimum Gasteiger partial charge on any atom is -0.399 e. The van der Waals surface area contributed by atoms with Gasteiger partial charge in [-0.15, -0.1) is 0 Å². The van der Waals surface area contributed by atoms with E-state index in [9.17, 15) is 9.59 Å². The second-order valence-corrected chi connectivity index (χ2v) is 4.05. The Hall–Kier alpha value is -2.04. The molecule has 18 heavy (non-hydrogen) atoms. The number of likely N-dealkylation sites (N-methyl/N-ethyl adjacent to an activating group) is 1. The Morgan fingerprint density at radius 1 is 1.28 bits per heavy atom. The monoisotopic (exact) mass is 249 g/mol. The lowest BCUT2D eigenvalue weighted by Gasteiger charge is -2.16. The summed E-state index contributed by atoms with van der Waals surface area (Å²) in [4.78, 5) is 23.5. The van der Waals surface area contributed by atoms with Crippen LogP contribution in [0.15, 0.2) is 24.3 Å². The summed E-state index contributed by atoms with van der Waals surface area (Å²) in [5.41, 5.74) is 6.64. The maximum atomic E-state index is 11.9. The molecule has 0 aliphatic carbocycles. The molecule has 98 valence electrons. The van der Waals surface area contributed by atoms with Crippen molar-refractivity contribution in [1.82, 2.24) is 10.6 Å². The van der Waals surface area contributed by atoms with Crippen LogP contribution in [0, 0.1) is 0 Å². The van der Waals surface area contributed by atoms with Crippen LogP contribution in [0.4, 0.5) is 5.69 Å². The summed E-state index contributed by atoms with van der Waals surface area (Å²) in [5.74, 6) is -0.447. The molecule has 1 aromatic rings. The molecule has 0 aliphatic rings. The van der Waals surface area contributed by atoms with Crippen molar-refractivity contribution in [1.29, 1.82) is 0 Å². The third kappa shape index (κ3) is 3.76. The van der Waals surface area contributed by atoms with Crippen molar-refractivity contribution in [2.75, 3.05) is 12.8 Å². The zero-order valence-corrected chi connectivity index (χ0v) is 10.7. The number of hydrogen-bond donors (Lipinski definition) is 3. The zero-order chi connectivity index (χ0) is 13.5. The molecule has 0 aliphatic heterocycles. The highest BCUT2D eigenvalue weighted by atomic mass is 16.2. The van der Waals surface area contributed by atoms with Gasteiger partial charge in [0.15, 0.2) is 0 Å². The lowest BCUT2D eigenvalue weighted by molar-refractivity contribution is -0.122. The van der Waals surface area contributed by atoms with Gasteiger partial charge in [0.1, 0.15) is 6.04 Å². The molecular weight excluding hydrogens is 230 g/mol. The Balaban J connectivity index is 2.71. The molecular formula is C13H19N3O2. The maximum Gasteiger partial charge on any atom is 0.251 e. The van der Waals surface area contributed by atoms with Gasteiger partial charge in [0, 0.05) is 18.3 Å². The SMILES string of the molecule is CCCC(NC(=O)c1ccc(N)cc1)C(=O)NC.